The highest BCUT2D eigenvalue weighted by Crippen LogP contribution is 2.27. The predicted octanol–water partition coefficient (Wildman–Crippen LogP) is 1.99. The number of carbonyl (C=O) groups excluding carboxylic acids is 1. The second-order valence-electron chi connectivity index (χ2n) is 5.88. The molecule has 1 amide bonds. The molecule has 3 aromatic rings. The van der Waals surface area contributed by atoms with E-state index in [1.807, 2.05) is 30.3 Å². The molecule has 3 rings (SSSR count). The third kappa shape index (κ3) is 4.65. The van der Waals surface area contributed by atoms with E-state index in [1.54, 1.807) is 23.1 Å². The molecule has 0 saturated heterocycles. The molecule has 0 unspecified atom stereocenters. The number of rotatable bonds is 7. The highest BCUT2D eigenvalue weighted by Gasteiger charge is 2.14. The van der Waals surface area contributed by atoms with Crippen molar-refractivity contribution in [1.29, 1.82) is 5.26 Å². The van der Waals surface area contributed by atoms with Crippen LogP contribution in [0.25, 0.3) is 10.1 Å². The number of nitrogens with zero attached hydrogens (tertiary/aromatic N) is 2. The van der Waals surface area contributed by atoms with Crippen LogP contribution in [0.3, 0.4) is 0 Å². The van der Waals surface area contributed by atoms with Crippen molar-refractivity contribution in [2.75, 3.05) is 36.5 Å². The molecule has 1 aromatic heterocycles. The lowest BCUT2D eigenvalue weighted by molar-refractivity contribution is 0.103. The maximum atomic E-state index is 12.5. The molecular weight excluding hydrogens is 378 g/mol. The first-order valence-electron chi connectivity index (χ1n) is 8.47. The molecule has 0 radical (unpaired) electrons. The van der Waals surface area contributed by atoms with Crippen LogP contribution in [0.5, 0.6) is 0 Å². The molecule has 5 N–H and O–H groups in total. The number of hydrogen-bond donors (Lipinski definition) is 3. The molecular formula is C20H21N3O4S. The van der Waals surface area contributed by atoms with Gasteiger partial charge in [-0.25, -0.2) is 0 Å². The summed E-state index contributed by atoms with van der Waals surface area (Å²) in [4.78, 5) is 14.9. The number of carbonyl (C=O) groups is 1. The monoisotopic (exact) mass is 399 g/mol. The van der Waals surface area contributed by atoms with Crippen molar-refractivity contribution in [3.05, 3.63) is 59.0 Å². The van der Waals surface area contributed by atoms with Crippen LogP contribution in [-0.2, 0) is 0 Å². The zero-order valence-electron chi connectivity index (χ0n) is 15.1. The van der Waals surface area contributed by atoms with Crippen molar-refractivity contribution in [1.82, 2.24) is 0 Å². The number of anilines is 2. The first kappa shape index (κ1) is 21.3. The van der Waals surface area contributed by atoms with Gasteiger partial charge in [-0.15, -0.1) is 11.3 Å². The average molecular weight is 399 g/mol. The molecule has 0 bridgehead atoms. The lowest BCUT2D eigenvalue weighted by Gasteiger charge is -2.24. The fraction of sp³-hybridized carbons (Fsp3) is 0.200. The molecule has 0 aliphatic carbocycles. The summed E-state index contributed by atoms with van der Waals surface area (Å²) < 4.78 is 1.04. The smallest absolute Gasteiger partial charge is 0.265 e. The molecule has 0 aliphatic rings. The molecule has 0 saturated carbocycles. The Morgan fingerprint density at radius 3 is 2.46 bits per heavy atom. The Kier molecular flexibility index (Phi) is 7.49. The number of fused-ring (bicyclic) bond motifs is 1. The number of benzene rings is 2. The summed E-state index contributed by atoms with van der Waals surface area (Å²) in [5.41, 5.74) is 1.50. The number of amides is 1. The molecule has 1 heterocycles. The van der Waals surface area contributed by atoms with Crippen LogP contribution in [0.15, 0.2) is 48.5 Å². The number of nitrogens with one attached hydrogen (secondary N) is 1. The molecule has 0 spiro atoms. The Balaban J connectivity index is 0.00000280. The Bertz CT molecular complexity index is 958. The third-order valence-corrected chi connectivity index (χ3v) is 5.22. The summed E-state index contributed by atoms with van der Waals surface area (Å²) in [5, 5.41) is 31.7. The fourth-order valence-electron chi connectivity index (χ4n) is 2.86. The number of thiophene rings is 1. The number of aliphatic hydroxyl groups is 2. The topological polar surface area (TPSA) is 128 Å². The number of nitriles is 1. The van der Waals surface area contributed by atoms with Gasteiger partial charge in [0, 0.05) is 23.5 Å². The van der Waals surface area contributed by atoms with Crippen LogP contribution in [0.4, 0.5) is 11.4 Å². The SMILES string of the molecule is N#Cc1cc(NC(=O)c2cc3ccccc3s2)ccc1N(CCO)CCO.O. The van der Waals surface area contributed by atoms with Gasteiger partial charge in [-0.3, -0.25) is 4.79 Å². The summed E-state index contributed by atoms with van der Waals surface area (Å²) >= 11 is 1.41. The predicted molar refractivity (Wildman–Crippen MR) is 111 cm³/mol. The Morgan fingerprint density at radius 1 is 1.11 bits per heavy atom. The first-order chi connectivity index (χ1) is 13.2. The van der Waals surface area contributed by atoms with Gasteiger partial charge in [0.2, 0.25) is 0 Å². The van der Waals surface area contributed by atoms with Gasteiger partial charge in [-0.2, -0.15) is 5.26 Å². The molecule has 0 atom stereocenters. The molecule has 0 aliphatic heterocycles. The van der Waals surface area contributed by atoms with Crippen molar-refractivity contribution in [2.45, 2.75) is 0 Å². The maximum absolute atomic E-state index is 12.5. The number of aliphatic hydroxyl groups excluding tert-OH is 2. The van der Waals surface area contributed by atoms with E-state index >= 15 is 0 Å². The van der Waals surface area contributed by atoms with E-state index in [9.17, 15) is 20.3 Å². The van der Waals surface area contributed by atoms with E-state index in [4.69, 9.17) is 0 Å². The minimum Gasteiger partial charge on any atom is -0.412 e. The highest BCUT2D eigenvalue weighted by molar-refractivity contribution is 7.20. The van der Waals surface area contributed by atoms with Crippen molar-refractivity contribution in [3.8, 4) is 6.07 Å². The summed E-state index contributed by atoms with van der Waals surface area (Å²) in [5.74, 6) is -0.226. The standard InChI is InChI=1S/C20H19N3O3S.H2O/c21-13-15-11-16(5-6-17(15)23(7-9-24)8-10-25)22-20(26)19-12-14-3-1-2-4-18(14)27-19;/h1-6,11-12,24-25H,7-10H2,(H,22,26);1H2. The van der Waals surface area contributed by atoms with E-state index in [0.29, 0.717) is 34.9 Å². The summed E-state index contributed by atoms with van der Waals surface area (Å²) in [6.07, 6.45) is 0. The number of hydrogen-bond acceptors (Lipinski definition) is 6. The molecule has 7 nitrogen and oxygen atoms in total. The van der Waals surface area contributed by atoms with Gasteiger partial charge in [0.25, 0.3) is 5.91 Å². The summed E-state index contributed by atoms with van der Waals surface area (Å²) in [6.45, 7) is 0.441. The molecule has 146 valence electrons. The van der Waals surface area contributed by atoms with Gasteiger partial charge in [0.05, 0.1) is 29.3 Å². The van der Waals surface area contributed by atoms with Crippen LogP contribution in [-0.4, -0.2) is 47.9 Å². The van der Waals surface area contributed by atoms with Crippen molar-refractivity contribution in [2.24, 2.45) is 0 Å². The normalized spacial score (nSPS) is 10.2. The van der Waals surface area contributed by atoms with Crippen molar-refractivity contribution >= 4 is 38.7 Å². The van der Waals surface area contributed by atoms with Crippen LogP contribution in [0.2, 0.25) is 0 Å². The summed E-state index contributed by atoms with van der Waals surface area (Å²) in [7, 11) is 0. The van der Waals surface area contributed by atoms with Gasteiger partial charge in [-0.05, 0) is 35.7 Å². The highest BCUT2D eigenvalue weighted by atomic mass is 32.1. The minimum absolute atomic E-state index is 0. The Hall–Kier alpha value is -2.96. The van der Waals surface area contributed by atoms with Crippen LogP contribution in [0, 0.1) is 11.3 Å². The molecule has 2 aromatic carbocycles. The second kappa shape index (κ2) is 9.82. The van der Waals surface area contributed by atoms with Crippen molar-refractivity contribution in [3.63, 3.8) is 0 Å². The second-order valence-corrected chi connectivity index (χ2v) is 6.96. The van der Waals surface area contributed by atoms with E-state index in [0.717, 1.165) is 10.1 Å². The zero-order chi connectivity index (χ0) is 19.2. The minimum atomic E-state index is -0.226. The summed E-state index contributed by atoms with van der Waals surface area (Å²) in [6, 6.07) is 16.8. The fourth-order valence-corrected chi connectivity index (χ4v) is 3.82. The van der Waals surface area contributed by atoms with E-state index in [2.05, 4.69) is 11.4 Å². The van der Waals surface area contributed by atoms with Gasteiger partial charge >= 0.3 is 0 Å². The molecule has 8 heteroatoms. The maximum Gasteiger partial charge on any atom is 0.265 e. The van der Waals surface area contributed by atoms with E-state index in [1.165, 1.54) is 11.3 Å². The van der Waals surface area contributed by atoms with Crippen molar-refractivity contribution < 1.29 is 20.5 Å². The van der Waals surface area contributed by atoms with Gasteiger partial charge in [0.15, 0.2) is 0 Å². The Labute approximate surface area is 166 Å². The van der Waals surface area contributed by atoms with Gasteiger partial charge in [-0.1, -0.05) is 18.2 Å². The lowest BCUT2D eigenvalue weighted by atomic mass is 10.1. The van der Waals surface area contributed by atoms with Crippen LogP contribution in [0.1, 0.15) is 15.2 Å². The lowest BCUT2D eigenvalue weighted by Crippen LogP contribution is -2.30. The Morgan fingerprint density at radius 2 is 1.82 bits per heavy atom. The van der Waals surface area contributed by atoms with Crippen LogP contribution >= 0.6 is 11.3 Å². The quantitative estimate of drug-likeness (QED) is 0.560. The zero-order valence-corrected chi connectivity index (χ0v) is 15.9. The van der Waals surface area contributed by atoms with E-state index in [-0.39, 0.29) is 24.6 Å². The van der Waals surface area contributed by atoms with Gasteiger partial charge < -0.3 is 25.9 Å². The molecule has 0 fully saturated rings. The van der Waals surface area contributed by atoms with Gasteiger partial charge in [0.1, 0.15) is 6.07 Å². The largest absolute Gasteiger partial charge is 0.412 e. The molecule has 28 heavy (non-hydrogen) atoms. The average Bonchev–Trinajstić information content (AvgIpc) is 3.12. The van der Waals surface area contributed by atoms with Crippen LogP contribution < -0.4 is 10.2 Å². The van der Waals surface area contributed by atoms with E-state index < -0.39 is 0 Å². The first-order valence-corrected chi connectivity index (χ1v) is 9.28. The third-order valence-electron chi connectivity index (χ3n) is 4.10.